The second-order valence-electron chi connectivity index (χ2n) is 5.28. The Morgan fingerprint density at radius 2 is 2.11 bits per heavy atom. The Kier molecular flexibility index (Phi) is 2.92. The monoisotopic (exact) mass is 267 g/mol. The van der Waals surface area contributed by atoms with Gasteiger partial charge in [-0.1, -0.05) is 30.3 Å². The lowest BCUT2D eigenvalue weighted by Gasteiger charge is -2.17. The van der Waals surface area contributed by atoms with Crippen LogP contribution in [0.1, 0.15) is 18.4 Å². The van der Waals surface area contributed by atoms with Gasteiger partial charge in [-0.15, -0.1) is 0 Å². The summed E-state index contributed by atoms with van der Waals surface area (Å²) < 4.78 is 31.7. The average Bonchev–Trinajstić information content (AvgIpc) is 3.13. The van der Waals surface area contributed by atoms with Gasteiger partial charge in [0.2, 0.25) is 0 Å². The van der Waals surface area contributed by atoms with Gasteiger partial charge < -0.3 is 10.1 Å². The van der Waals surface area contributed by atoms with Crippen LogP contribution in [0, 0.1) is 11.8 Å². The number of carbonyl (C=O) groups excluding carboxylic acids is 1. The SMILES string of the molecule is O=C(NC1CC(F)(F)C2CC12)OCc1ccccc1. The first kappa shape index (κ1) is 12.4. The first-order chi connectivity index (χ1) is 9.06. The highest BCUT2D eigenvalue weighted by Crippen LogP contribution is 2.59. The molecule has 5 heteroatoms. The van der Waals surface area contributed by atoms with E-state index < -0.39 is 24.0 Å². The molecule has 0 radical (unpaired) electrons. The van der Waals surface area contributed by atoms with Gasteiger partial charge in [0.05, 0.1) is 0 Å². The maximum atomic E-state index is 13.3. The molecule has 3 rings (SSSR count). The van der Waals surface area contributed by atoms with E-state index >= 15 is 0 Å². The van der Waals surface area contributed by atoms with Crippen LogP contribution in [-0.2, 0) is 11.3 Å². The van der Waals surface area contributed by atoms with Crippen molar-refractivity contribution in [3.05, 3.63) is 35.9 Å². The molecule has 2 fully saturated rings. The molecule has 3 unspecified atom stereocenters. The zero-order valence-electron chi connectivity index (χ0n) is 10.3. The molecule has 0 aliphatic heterocycles. The number of nitrogens with one attached hydrogen (secondary N) is 1. The van der Waals surface area contributed by atoms with Crippen molar-refractivity contribution in [3.63, 3.8) is 0 Å². The third-order valence-corrected chi connectivity index (χ3v) is 3.91. The molecule has 0 aromatic heterocycles. The van der Waals surface area contributed by atoms with E-state index in [0.717, 1.165) is 5.56 Å². The maximum absolute atomic E-state index is 13.3. The zero-order chi connectivity index (χ0) is 13.5. The molecular weight excluding hydrogens is 252 g/mol. The third kappa shape index (κ3) is 2.55. The molecule has 2 saturated carbocycles. The summed E-state index contributed by atoms with van der Waals surface area (Å²) in [6, 6.07) is 8.81. The van der Waals surface area contributed by atoms with Gasteiger partial charge >= 0.3 is 6.09 Å². The third-order valence-electron chi connectivity index (χ3n) is 3.91. The van der Waals surface area contributed by atoms with Crippen LogP contribution in [0.15, 0.2) is 30.3 Å². The van der Waals surface area contributed by atoms with Gasteiger partial charge in [0.1, 0.15) is 6.61 Å². The summed E-state index contributed by atoms with van der Waals surface area (Å²) in [6.07, 6.45) is -0.364. The van der Waals surface area contributed by atoms with Gasteiger partial charge in [0, 0.05) is 18.4 Å². The summed E-state index contributed by atoms with van der Waals surface area (Å²) >= 11 is 0. The number of fused-ring (bicyclic) bond motifs is 1. The lowest BCUT2D eigenvalue weighted by molar-refractivity contribution is -0.0173. The van der Waals surface area contributed by atoms with Gasteiger partial charge in [-0.3, -0.25) is 0 Å². The minimum atomic E-state index is -2.62. The maximum Gasteiger partial charge on any atom is 0.407 e. The van der Waals surface area contributed by atoms with Gasteiger partial charge in [-0.2, -0.15) is 0 Å². The molecule has 1 aromatic carbocycles. The Morgan fingerprint density at radius 3 is 2.68 bits per heavy atom. The number of amides is 1. The van der Waals surface area contributed by atoms with E-state index in [1.807, 2.05) is 30.3 Å². The number of rotatable bonds is 3. The molecular formula is C14H15F2NO2. The number of hydrogen-bond acceptors (Lipinski definition) is 2. The molecule has 102 valence electrons. The fourth-order valence-electron chi connectivity index (χ4n) is 2.82. The van der Waals surface area contributed by atoms with Crippen molar-refractivity contribution < 1.29 is 18.3 Å². The van der Waals surface area contributed by atoms with Crippen LogP contribution >= 0.6 is 0 Å². The predicted octanol–water partition coefficient (Wildman–Crippen LogP) is 2.96. The van der Waals surface area contributed by atoms with Crippen LogP contribution < -0.4 is 5.32 Å². The summed E-state index contributed by atoms with van der Waals surface area (Å²) in [5.74, 6) is -3.23. The second kappa shape index (κ2) is 4.47. The zero-order valence-corrected chi connectivity index (χ0v) is 10.3. The van der Waals surface area contributed by atoms with Crippen molar-refractivity contribution in [2.24, 2.45) is 11.8 Å². The minimum Gasteiger partial charge on any atom is -0.445 e. The standard InChI is InChI=1S/C14H15F2NO2/c15-14(16)7-12(10-6-11(10)14)17-13(18)19-8-9-4-2-1-3-5-9/h1-5,10-12H,6-8H2,(H,17,18). The number of alkyl carbamates (subject to hydrolysis) is 1. The minimum absolute atomic E-state index is 0.0701. The Hall–Kier alpha value is -1.65. The van der Waals surface area contributed by atoms with E-state index in [4.69, 9.17) is 4.74 Å². The van der Waals surface area contributed by atoms with E-state index in [2.05, 4.69) is 5.32 Å². The highest BCUT2D eigenvalue weighted by molar-refractivity contribution is 5.67. The van der Waals surface area contributed by atoms with Gasteiger partial charge in [0.15, 0.2) is 0 Å². The van der Waals surface area contributed by atoms with Crippen molar-refractivity contribution >= 4 is 6.09 Å². The molecule has 0 bridgehead atoms. The first-order valence-electron chi connectivity index (χ1n) is 6.41. The molecule has 19 heavy (non-hydrogen) atoms. The molecule has 1 N–H and O–H groups in total. The lowest BCUT2D eigenvalue weighted by atomic mass is 10.1. The van der Waals surface area contributed by atoms with E-state index in [9.17, 15) is 13.6 Å². The lowest BCUT2D eigenvalue weighted by Crippen LogP contribution is -2.37. The highest BCUT2D eigenvalue weighted by atomic mass is 19.3. The van der Waals surface area contributed by atoms with Gasteiger partial charge in [-0.05, 0) is 17.9 Å². The number of halogens is 2. The molecule has 1 aromatic rings. The number of hydrogen-bond donors (Lipinski definition) is 1. The molecule has 0 saturated heterocycles. The Labute approximate surface area is 109 Å². The van der Waals surface area contributed by atoms with Crippen LogP contribution in [0.4, 0.5) is 13.6 Å². The molecule has 0 heterocycles. The normalized spacial score (nSPS) is 30.5. The van der Waals surface area contributed by atoms with E-state index in [-0.39, 0.29) is 18.9 Å². The summed E-state index contributed by atoms with van der Waals surface area (Å²) in [4.78, 5) is 11.6. The number of ether oxygens (including phenoxy) is 1. The highest BCUT2D eigenvalue weighted by Gasteiger charge is 2.65. The first-order valence-corrected chi connectivity index (χ1v) is 6.41. The van der Waals surface area contributed by atoms with Gasteiger partial charge in [-0.25, -0.2) is 13.6 Å². The smallest absolute Gasteiger partial charge is 0.407 e. The molecule has 3 atom stereocenters. The summed E-state index contributed by atoms with van der Waals surface area (Å²) in [5, 5.41) is 2.56. The number of carbonyl (C=O) groups is 1. The molecule has 3 nitrogen and oxygen atoms in total. The van der Waals surface area contributed by atoms with Crippen LogP contribution in [0.2, 0.25) is 0 Å². The van der Waals surface area contributed by atoms with Crippen molar-refractivity contribution in [1.29, 1.82) is 0 Å². The van der Waals surface area contributed by atoms with Crippen LogP contribution in [-0.4, -0.2) is 18.1 Å². The topological polar surface area (TPSA) is 38.3 Å². The predicted molar refractivity (Wildman–Crippen MR) is 64.7 cm³/mol. The summed E-state index contributed by atoms with van der Waals surface area (Å²) in [7, 11) is 0. The van der Waals surface area contributed by atoms with E-state index in [1.165, 1.54) is 0 Å². The molecule has 1 amide bonds. The largest absolute Gasteiger partial charge is 0.445 e. The quantitative estimate of drug-likeness (QED) is 0.914. The van der Waals surface area contributed by atoms with E-state index in [0.29, 0.717) is 6.42 Å². The van der Waals surface area contributed by atoms with Crippen LogP contribution in [0.5, 0.6) is 0 Å². The Balaban J connectivity index is 1.48. The summed E-state index contributed by atoms with van der Waals surface area (Å²) in [5.41, 5.74) is 0.874. The average molecular weight is 267 g/mol. The van der Waals surface area contributed by atoms with Gasteiger partial charge in [0.25, 0.3) is 5.92 Å². The molecule has 2 aliphatic rings. The van der Waals surface area contributed by atoms with Crippen molar-refractivity contribution in [2.75, 3.05) is 0 Å². The van der Waals surface area contributed by atoms with Crippen LogP contribution in [0.25, 0.3) is 0 Å². The number of alkyl halides is 2. The van der Waals surface area contributed by atoms with Crippen molar-refractivity contribution in [3.8, 4) is 0 Å². The molecule has 2 aliphatic carbocycles. The van der Waals surface area contributed by atoms with Crippen molar-refractivity contribution in [1.82, 2.24) is 5.32 Å². The second-order valence-corrected chi connectivity index (χ2v) is 5.28. The Bertz CT molecular complexity index is 478. The van der Waals surface area contributed by atoms with E-state index in [1.54, 1.807) is 0 Å². The fourth-order valence-corrected chi connectivity index (χ4v) is 2.82. The number of benzene rings is 1. The molecule has 0 spiro atoms. The fraction of sp³-hybridized carbons (Fsp3) is 0.500. The van der Waals surface area contributed by atoms with Crippen LogP contribution in [0.3, 0.4) is 0 Å². The Morgan fingerprint density at radius 1 is 1.37 bits per heavy atom. The summed E-state index contributed by atoms with van der Waals surface area (Å²) in [6.45, 7) is 0.157. The van der Waals surface area contributed by atoms with Crippen molar-refractivity contribution in [2.45, 2.75) is 31.4 Å².